The number of hydrogen-bond donors (Lipinski definition) is 5. The van der Waals surface area contributed by atoms with Crippen LogP contribution in [0.5, 0.6) is 17.2 Å². The van der Waals surface area contributed by atoms with Gasteiger partial charge in [-0.05, 0) is 24.5 Å². The van der Waals surface area contributed by atoms with Crippen LogP contribution in [0.3, 0.4) is 0 Å². The number of fused-ring (bicyclic) bond motifs is 4. The summed E-state index contributed by atoms with van der Waals surface area (Å²) >= 11 is 0. The van der Waals surface area contributed by atoms with Gasteiger partial charge in [-0.25, -0.2) is 0 Å². The molecular weight excluding hydrogens is 408 g/mol. The Morgan fingerprint density at radius 1 is 1.10 bits per heavy atom. The normalized spacial score (nSPS) is 32.1. The highest BCUT2D eigenvalue weighted by molar-refractivity contribution is 6.03. The SMILES string of the molecule is O=C1N[C@@H]2[C@@H](c3cc4c(c(O)c31)OCO4)[C@@H](NC(=O)C1CCCCC1)[C@H](O)C(=O)[C@H]2O. The van der Waals surface area contributed by atoms with Gasteiger partial charge in [-0.3, -0.25) is 14.4 Å². The molecule has 166 valence electrons. The van der Waals surface area contributed by atoms with Crippen LogP contribution >= 0.6 is 0 Å². The molecule has 0 aromatic heterocycles. The first-order valence-corrected chi connectivity index (χ1v) is 10.5. The summed E-state index contributed by atoms with van der Waals surface area (Å²) in [5.74, 6) is -3.08. The monoisotopic (exact) mass is 432 g/mol. The van der Waals surface area contributed by atoms with Crippen molar-refractivity contribution in [2.45, 2.75) is 62.3 Å². The van der Waals surface area contributed by atoms with Crippen molar-refractivity contribution in [2.24, 2.45) is 5.92 Å². The van der Waals surface area contributed by atoms with Crippen LogP contribution in [0.15, 0.2) is 6.07 Å². The van der Waals surface area contributed by atoms with Gasteiger partial charge in [0.1, 0.15) is 12.2 Å². The van der Waals surface area contributed by atoms with Crippen LogP contribution in [0.4, 0.5) is 0 Å². The van der Waals surface area contributed by atoms with Crippen molar-refractivity contribution in [3.05, 3.63) is 17.2 Å². The second kappa shape index (κ2) is 7.38. The molecule has 2 heterocycles. The number of aliphatic hydroxyl groups excluding tert-OH is 2. The van der Waals surface area contributed by atoms with Gasteiger partial charge in [-0.2, -0.15) is 0 Å². The second-order valence-corrected chi connectivity index (χ2v) is 8.61. The van der Waals surface area contributed by atoms with Gasteiger partial charge in [-0.15, -0.1) is 0 Å². The lowest BCUT2D eigenvalue weighted by Crippen LogP contribution is -2.68. The number of phenolic OH excluding ortho intramolecular Hbond substituents is 1. The summed E-state index contributed by atoms with van der Waals surface area (Å²) in [6.45, 7) is -0.132. The topological polar surface area (TPSA) is 154 Å². The number of hydrogen-bond acceptors (Lipinski definition) is 8. The zero-order valence-electron chi connectivity index (χ0n) is 16.7. The standard InChI is InChI=1S/C21H24N2O8/c24-15-12-9(6-10-19(15)31-7-30-10)11-13(22-20(28)8-4-2-1-3-5-8)16(25)18(27)17(26)14(11)23-21(12)29/h6,8,11,13-14,16-17,24-26H,1-5,7H2,(H,22,28)(H,23,29)/t11-,13+,14+,16-,17-/m0/s1. The van der Waals surface area contributed by atoms with Crippen molar-refractivity contribution in [1.29, 1.82) is 0 Å². The Labute approximate surface area is 177 Å². The highest BCUT2D eigenvalue weighted by atomic mass is 16.7. The minimum Gasteiger partial charge on any atom is -0.504 e. The number of carbonyl (C=O) groups excluding carboxylic acids is 3. The first-order valence-electron chi connectivity index (χ1n) is 10.5. The van der Waals surface area contributed by atoms with Crippen molar-refractivity contribution < 1.29 is 39.2 Å². The molecule has 1 aromatic rings. The predicted octanol–water partition coefficient (Wildman–Crippen LogP) is -0.314. The molecule has 10 heteroatoms. The number of amides is 2. The van der Waals surface area contributed by atoms with E-state index in [1.807, 2.05) is 0 Å². The zero-order chi connectivity index (χ0) is 21.9. The van der Waals surface area contributed by atoms with E-state index in [1.165, 1.54) is 6.07 Å². The summed E-state index contributed by atoms with van der Waals surface area (Å²) in [6, 6.07) is -0.662. The number of nitrogens with one attached hydrogen (secondary N) is 2. The minimum atomic E-state index is -1.67. The highest BCUT2D eigenvalue weighted by Crippen LogP contribution is 2.49. The molecule has 0 bridgehead atoms. The van der Waals surface area contributed by atoms with Crippen molar-refractivity contribution in [1.82, 2.24) is 10.6 Å². The van der Waals surface area contributed by atoms with Crippen LogP contribution in [0.2, 0.25) is 0 Å². The van der Waals surface area contributed by atoms with Gasteiger partial charge in [0.2, 0.25) is 18.4 Å². The van der Waals surface area contributed by atoms with E-state index in [1.54, 1.807) is 0 Å². The van der Waals surface area contributed by atoms with E-state index < -0.39 is 47.6 Å². The Hall–Kier alpha value is -2.85. The highest BCUT2D eigenvalue weighted by Gasteiger charge is 2.55. The third-order valence-corrected chi connectivity index (χ3v) is 6.87. The fraction of sp³-hybridized carbons (Fsp3) is 0.571. The number of Topliss-reactive ketones (excluding diaryl/α,β-unsaturated/α-hetero) is 1. The molecule has 5 N–H and O–H groups in total. The molecule has 31 heavy (non-hydrogen) atoms. The number of aromatic hydroxyl groups is 1. The third-order valence-electron chi connectivity index (χ3n) is 6.87. The van der Waals surface area contributed by atoms with Gasteiger partial charge in [0.05, 0.1) is 17.6 Å². The molecule has 0 unspecified atom stereocenters. The zero-order valence-corrected chi connectivity index (χ0v) is 16.7. The largest absolute Gasteiger partial charge is 0.504 e. The number of carbonyl (C=O) groups is 3. The number of benzene rings is 1. The van der Waals surface area contributed by atoms with Crippen LogP contribution in [0.1, 0.15) is 53.9 Å². The number of rotatable bonds is 2. The quantitative estimate of drug-likeness (QED) is 0.426. The van der Waals surface area contributed by atoms with Gasteiger partial charge in [-0.1, -0.05) is 19.3 Å². The Bertz CT molecular complexity index is 957. The molecule has 4 aliphatic rings. The molecule has 10 nitrogen and oxygen atoms in total. The molecule has 5 rings (SSSR count). The first kappa shape index (κ1) is 20.1. The molecule has 0 radical (unpaired) electrons. The lowest BCUT2D eigenvalue weighted by molar-refractivity contribution is -0.146. The molecular formula is C21H24N2O8. The maximum Gasteiger partial charge on any atom is 0.255 e. The smallest absolute Gasteiger partial charge is 0.255 e. The van der Waals surface area contributed by atoms with Crippen LogP contribution in [-0.4, -0.2) is 64.0 Å². The summed E-state index contributed by atoms with van der Waals surface area (Å²) in [5.41, 5.74) is 0.186. The summed E-state index contributed by atoms with van der Waals surface area (Å²) in [7, 11) is 0. The molecule has 2 amide bonds. The van der Waals surface area contributed by atoms with Crippen molar-refractivity contribution in [2.75, 3.05) is 6.79 Å². The Morgan fingerprint density at radius 2 is 1.84 bits per heavy atom. The molecule has 1 aromatic carbocycles. The van der Waals surface area contributed by atoms with Gasteiger partial charge in [0.25, 0.3) is 5.91 Å². The fourth-order valence-electron chi connectivity index (χ4n) is 5.29. The molecule has 0 spiro atoms. The summed E-state index contributed by atoms with van der Waals surface area (Å²) in [6.07, 6.45) is 1.07. The van der Waals surface area contributed by atoms with Gasteiger partial charge in [0.15, 0.2) is 17.3 Å². The predicted molar refractivity (Wildman–Crippen MR) is 104 cm³/mol. The lowest BCUT2D eigenvalue weighted by atomic mass is 9.69. The van der Waals surface area contributed by atoms with E-state index in [-0.39, 0.29) is 41.2 Å². The van der Waals surface area contributed by atoms with Crippen LogP contribution in [0.25, 0.3) is 0 Å². The summed E-state index contributed by atoms with van der Waals surface area (Å²) < 4.78 is 10.6. The van der Waals surface area contributed by atoms with Gasteiger partial charge >= 0.3 is 0 Å². The Morgan fingerprint density at radius 3 is 2.58 bits per heavy atom. The number of aliphatic hydroxyl groups is 2. The van der Waals surface area contributed by atoms with Crippen LogP contribution in [0, 0.1) is 5.92 Å². The lowest BCUT2D eigenvalue weighted by Gasteiger charge is -2.46. The maximum absolute atomic E-state index is 12.9. The molecule has 2 aliphatic heterocycles. The first-order chi connectivity index (χ1) is 14.9. The second-order valence-electron chi connectivity index (χ2n) is 8.61. The van der Waals surface area contributed by atoms with E-state index in [0.717, 1.165) is 32.1 Å². The van der Waals surface area contributed by atoms with Crippen LogP contribution in [-0.2, 0) is 9.59 Å². The molecule has 2 saturated carbocycles. The van der Waals surface area contributed by atoms with Gasteiger partial charge in [0, 0.05) is 11.8 Å². The van der Waals surface area contributed by atoms with E-state index in [4.69, 9.17) is 9.47 Å². The third kappa shape index (κ3) is 3.04. The summed E-state index contributed by atoms with van der Waals surface area (Å²) in [5, 5.41) is 37.2. The molecule has 2 fully saturated rings. The average Bonchev–Trinajstić information content (AvgIpc) is 3.25. The summed E-state index contributed by atoms with van der Waals surface area (Å²) in [4.78, 5) is 38.2. The van der Waals surface area contributed by atoms with E-state index in [0.29, 0.717) is 0 Å². The molecule has 0 saturated heterocycles. The fourth-order valence-corrected chi connectivity index (χ4v) is 5.29. The van der Waals surface area contributed by atoms with E-state index >= 15 is 0 Å². The number of ether oxygens (including phenoxy) is 2. The van der Waals surface area contributed by atoms with E-state index in [9.17, 15) is 29.7 Å². The van der Waals surface area contributed by atoms with Crippen molar-refractivity contribution in [3.8, 4) is 17.2 Å². The average molecular weight is 432 g/mol. The van der Waals surface area contributed by atoms with Crippen molar-refractivity contribution in [3.63, 3.8) is 0 Å². The molecule has 2 aliphatic carbocycles. The van der Waals surface area contributed by atoms with Crippen molar-refractivity contribution >= 4 is 17.6 Å². The van der Waals surface area contributed by atoms with E-state index in [2.05, 4.69) is 10.6 Å². The van der Waals surface area contributed by atoms with Crippen LogP contribution < -0.4 is 20.1 Å². The maximum atomic E-state index is 12.9. The number of phenols is 1. The van der Waals surface area contributed by atoms with Gasteiger partial charge < -0.3 is 35.4 Å². The minimum absolute atomic E-state index is 0.0307. The number of ketones is 1. The Kier molecular flexibility index (Phi) is 4.78. The Balaban J connectivity index is 1.57. The molecule has 5 atom stereocenters.